The molecule has 0 bridgehead atoms. The van der Waals surface area contributed by atoms with Gasteiger partial charge in [0.25, 0.3) is 0 Å². The number of unbranched alkanes of at least 4 members (excludes halogenated alkanes) is 2. The number of aliphatic hydroxyl groups excluding tert-OH is 10. The van der Waals surface area contributed by atoms with Crippen LogP contribution in [0.3, 0.4) is 0 Å². The summed E-state index contributed by atoms with van der Waals surface area (Å²) in [6, 6.07) is 15.5. The van der Waals surface area contributed by atoms with Gasteiger partial charge < -0.3 is 72.5 Å². The van der Waals surface area contributed by atoms with Gasteiger partial charge >= 0.3 is 6.09 Å². The molecule has 0 aromatic heterocycles. The lowest BCUT2D eigenvalue weighted by molar-refractivity contribution is -0.130. The lowest BCUT2D eigenvalue weighted by Gasteiger charge is -2.33. The minimum atomic E-state index is -1.93. The van der Waals surface area contributed by atoms with E-state index < -0.39 is 93.2 Å². The van der Waals surface area contributed by atoms with Gasteiger partial charge in [0.2, 0.25) is 5.91 Å². The number of carbonyl (C=O) groups is 2. The second kappa shape index (κ2) is 25.8. The highest BCUT2D eigenvalue weighted by atomic mass is 16.4. The van der Waals surface area contributed by atoms with Crippen LogP contribution < -0.4 is 16.4 Å². The van der Waals surface area contributed by atoms with E-state index in [1.54, 1.807) is 0 Å². The van der Waals surface area contributed by atoms with Gasteiger partial charge in [-0.1, -0.05) is 48.5 Å². The summed E-state index contributed by atoms with van der Waals surface area (Å²) in [5.74, 6) is -0.522. The van der Waals surface area contributed by atoms with Gasteiger partial charge in [-0.3, -0.25) is 9.69 Å². The number of carbonyl (C=O) groups excluding carboxylic acids is 1. The number of hydrogen-bond acceptors (Lipinski definition) is 14. The number of nitrogens with two attached hydrogens (primary N) is 1. The molecule has 0 heterocycles. The Balaban J connectivity index is 1.92. The van der Waals surface area contributed by atoms with Crippen LogP contribution in [0.4, 0.5) is 4.79 Å². The fourth-order valence-corrected chi connectivity index (χ4v) is 6.06. The quantitative estimate of drug-likeness (QED) is 0.0403. The van der Waals surface area contributed by atoms with Gasteiger partial charge in [-0.15, -0.1) is 0 Å². The summed E-state index contributed by atoms with van der Waals surface area (Å²) in [6.45, 7) is -1.66. The van der Waals surface area contributed by atoms with Crippen molar-refractivity contribution in [1.82, 2.24) is 15.5 Å². The summed E-state index contributed by atoms with van der Waals surface area (Å²) in [5, 5.41) is 113. The van der Waals surface area contributed by atoms with Gasteiger partial charge in [0.05, 0.1) is 25.4 Å². The van der Waals surface area contributed by atoms with E-state index in [0.717, 1.165) is 36.0 Å². The summed E-state index contributed by atoms with van der Waals surface area (Å²) in [6.07, 6.45) is -11.2. The van der Waals surface area contributed by atoms with E-state index in [-0.39, 0.29) is 25.8 Å². The minimum Gasteiger partial charge on any atom is -0.465 e. The third-order valence-electron chi connectivity index (χ3n) is 9.47. The van der Waals surface area contributed by atoms with Crippen LogP contribution in [0.15, 0.2) is 48.5 Å². The van der Waals surface area contributed by atoms with Gasteiger partial charge in [0, 0.05) is 19.6 Å². The maximum atomic E-state index is 12.9. The van der Waals surface area contributed by atoms with Crippen LogP contribution in [0.5, 0.6) is 0 Å². The summed E-state index contributed by atoms with van der Waals surface area (Å²) in [5.41, 5.74) is 10.1. The summed E-state index contributed by atoms with van der Waals surface area (Å²) in [4.78, 5) is 25.8. The minimum absolute atomic E-state index is 0.0333. The number of aliphatic hydroxyl groups is 10. The third kappa shape index (κ3) is 17.2. The van der Waals surface area contributed by atoms with Gasteiger partial charge in [0.1, 0.15) is 42.7 Å². The highest BCUT2D eigenvalue weighted by Gasteiger charge is 2.34. The van der Waals surface area contributed by atoms with Crippen LogP contribution in [0.2, 0.25) is 0 Å². The number of amides is 2. The van der Waals surface area contributed by atoms with E-state index in [0.29, 0.717) is 25.9 Å². The Morgan fingerprint density at radius 3 is 1.51 bits per heavy atom. The van der Waals surface area contributed by atoms with Crippen molar-refractivity contribution in [2.75, 3.05) is 45.9 Å². The molecule has 0 saturated heterocycles. The number of carboxylic acid groups (broad SMARTS) is 1. The Morgan fingerprint density at radius 1 is 0.618 bits per heavy atom. The van der Waals surface area contributed by atoms with Gasteiger partial charge in [-0.25, -0.2) is 4.79 Å². The molecule has 0 aliphatic rings. The molecule has 9 unspecified atom stereocenters. The van der Waals surface area contributed by atoms with E-state index in [2.05, 4.69) is 34.9 Å². The number of hydrogen-bond donors (Lipinski definition) is 14. The number of rotatable bonds is 28. The Morgan fingerprint density at radius 2 is 1.07 bits per heavy atom. The van der Waals surface area contributed by atoms with Crippen molar-refractivity contribution >= 4 is 12.0 Å². The fraction of sp³-hybridized carbons (Fsp3) is 0.632. The Bertz CT molecular complexity index is 1330. The summed E-state index contributed by atoms with van der Waals surface area (Å²) < 4.78 is 0. The van der Waals surface area contributed by atoms with E-state index in [1.807, 2.05) is 24.3 Å². The van der Waals surface area contributed by atoms with Gasteiger partial charge in [0.15, 0.2) is 0 Å². The zero-order valence-electron chi connectivity index (χ0n) is 31.2. The molecule has 2 rings (SSSR count). The first kappa shape index (κ1) is 47.9. The van der Waals surface area contributed by atoms with Gasteiger partial charge in [-0.2, -0.15) is 0 Å². The molecule has 0 fully saturated rings. The second-order valence-corrected chi connectivity index (χ2v) is 13.9. The molecule has 2 amide bonds. The van der Waals surface area contributed by atoms with E-state index in [4.69, 9.17) is 15.9 Å². The first-order chi connectivity index (χ1) is 26.2. The van der Waals surface area contributed by atoms with Crippen molar-refractivity contribution < 1.29 is 65.8 Å². The second-order valence-electron chi connectivity index (χ2n) is 13.9. The maximum Gasteiger partial charge on any atom is 0.405 e. The predicted octanol–water partition coefficient (Wildman–Crippen LogP) is -2.34. The number of nitrogens with zero attached hydrogens (tertiary/aromatic N) is 1. The molecule has 17 heteroatoms. The third-order valence-corrected chi connectivity index (χ3v) is 9.47. The van der Waals surface area contributed by atoms with Crippen molar-refractivity contribution in [3.63, 3.8) is 0 Å². The topological polar surface area (TPSA) is 310 Å². The molecule has 2 aromatic carbocycles. The average Bonchev–Trinajstić information content (AvgIpc) is 3.18. The van der Waals surface area contributed by atoms with Crippen molar-refractivity contribution in [2.45, 2.75) is 106 Å². The fourth-order valence-electron chi connectivity index (χ4n) is 6.06. The lowest BCUT2D eigenvalue weighted by atomic mass is 9.99. The molecule has 9 atom stereocenters. The molecule has 17 nitrogen and oxygen atoms in total. The molecule has 312 valence electrons. The van der Waals surface area contributed by atoms with E-state index in [1.165, 1.54) is 10.5 Å². The average molecular weight is 783 g/mol. The van der Waals surface area contributed by atoms with Crippen molar-refractivity contribution in [3.05, 3.63) is 59.7 Å². The van der Waals surface area contributed by atoms with E-state index in [9.17, 15) is 55.5 Å². The van der Waals surface area contributed by atoms with Crippen molar-refractivity contribution in [3.8, 4) is 11.1 Å². The molecule has 2 aromatic rings. The molecular formula is C38H62N4O13. The van der Waals surface area contributed by atoms with Crippen LogP contribution in [-0.2, 0) is 17.6 Å². The Kier molecular flexibility index (Phi) is 22.4. The zero-order chi connectivity index (χ0) is 40.9. The van der Waals surface area contributed by atoms with Crippen molar-refractivity contribution in [1.29, 1.82) is 0 Å². The molecule has 0 spiro atoms. The van der Waals surface area contributed by atoms with Crippen molar-refractivity contribution in [2.24, 2.45) is 5.73 Å². The number of benzene rings is 2. The number of aryl methyl sites for hydroxylation is 2. The van der Waals surface area contributed by atoms with Crippen LogP contribution in [0, 0.1) is 0 Å². The van der Waals surface area contributed by atoms with E-state index >= 15 is 0 Å². The maximum absolute atomic E-state index is 12.9. The van der Waals surface area contributed by atoms with Crippen LogP contribution in [-0.4, -0.2) is 174 Å². The molecule has 0 aliphatic carbocycles. The monoisotopic (exact) mass is 782 g/mol. The van der Waals surface area contributed by atoms with Gasteiger partial charge in [-0.05, 0) is 86.7 Å². The molecule has 55 heavy (non-hydrogen) atoms. The predicted molar refractivity (Wildman–Crippen MR) is 203 cm³/mol. The van der Waals surface area contributed by atoms with Crippen LogP contribution in [0.25, 0.3) is 11.1 Å². The standard InChI is InChI=1S/C38H62N4O13/c39-17-3-1-6-24-9-13-26(14-10-24)27-15-11-25(12-16-27)7-5-18-40-37(53)28(41-38(54)55)8-2-4-19-42(20-29(45)33(49)35(51)31(47)22-43)21-30(46)34(50)36(52)32(48)23-44/h9-16,28-36,41,43-52H,1-8,17-23,39H2,(H,40,53)(H,54,55). The Hall–Kier alpha value is -3.30. The first-order valence-electron chi connectivity index (χ1n) is 18.8. The molecule has 0 radical (unpaired) electrons. The highest BCUT2D eigenvalue weighted by molar-refractivity contribution is 5.85. The smallest absolute Gasteiger partial charge is 0.405 e. The molecule has 0 aliphatic heterocycles. The molecular weight excluding hydrogens is 720 g/mol. The van der Waals surface area contributed by atoms with Crippen LogP contribution in [0.1, 0.15) is 49.7 Å². The summed E-state index contributed by atoms with van der Waals surface area (Å²) >= 11 is 0. The largest absolute Gasteiger partial charge is 0.465 e. The zero-order valence-corrected chi connectivity index (χ0v) is 31.2. The first-order valence-corrected chi connectivity index (χ1v) is 18.8. The highest BCUT2D eigenvalue weighted by Crippen LogP contribution is 2.22. The van der Waals surface area contributed by atoms with Crippen LogP contribution >= 0.6 is 0 Å². The SMILES string of the molecule is NCCCCc1ccc(-c2ccc(CCCNC(=O)C(CCCCN(CC(O)C(O)C(O)C(O)CO)CC(O)C(O)C(O)C(O)CO)NC(=O)O)cc2)cc1. The molecule has 0 saturated carbocycles. The lowest BCUT2D eigenvalue weighted by Crippen LogP contribution is -2.53. The number of nitrogens with one attached hydrogen (secondary N) is 2. The molecule has 15 N–H and O–H groups in total. The Labute approximate surface area is 321 Å². The normalized spacial score (nSPS) is 16.7. The summed E-state index contributed by atoms with van der Waals surface area (Å²) in [7, 11) is 0.